The molecule has 2 N–H and O–H groups in total. The van der Waals surface area contributed by atoms with Gasteiger partial charge in [-0.15, -0.1) is 5.10 Å². The number of thiocarbonyl (C=S) groups is 1. The maximum absolute atomic E-state index is 6.15. The van der Waals surface area contributed by atoms with Gasteiger partial charge in [-0.05, 0) is 36.0 Å². The normalized spacial score (nSPS) is 10.3. The molecule has 0 aliphatic heterocycles. The third-order valence-corrected chi connectivity index (χ3v) is 3.66. The van der Waals surface area contributed by atoms with Crippen LogP contribution in [-0.2, 0) is 6.54 Å². The molecule has 3 aromatic rings. The Hall–Kier alpha value is -2.44. The van der Waals surface area contributed by atoms with E-state index >= 15 is 0 Å². The fourth-order valence-electron chi connectivity index (χ4n) is 2.01. The summed E-state index contributed by atoms with van der Waals surface area (Å²) in [5, 5.41) is 11.5. The molecule has 0 unspecified atom stereocenters. The molecule has 0 bridgehead atoms. The Morgan fingerprint density at radius 1 is 1.04 bits per heavy atom. The van der Waals surface area contributed by atoms with Crippen molar-refractivity contribution in [1.82, 2.24) is 14.8 Å². The molecule has 0 aliphatic carbocycles. The Kier molecular flexibility index (Phi) is 4.85. The van der Waals surface area contributed by atoms with E-state index in [0.29, 0.717) is 22.6 Å². The number of hydrogen-bond acceptors (Lipinski definition) is 3. The average Bonchev–Trinajstić information content (AvgIpc) is 2.97. The Morgan fingerprint density at radius 3 is 2.57 bits per heavy atom. The maximum Gasteiger partial charge on any atom is 0.248 e. The smallest absolute Gasteiger partial charge is 0.248 e. The summed E-state index contributed by atoms with van der Waals surface area (Å²) in [5.74, 6) is 0.436. The molecular weight excluding hydrogens is 330 g/mol. The quantitative estimate of drug-likeness (QED) is 0.706. The Morgan fingerprint density at radius 2 is 1.78 bits per heavy atom. The second-order valence-electron chi connectivity index (χ2n) is 4.80. The van der Waals surface area contributed by atoms with Crippen molar-refractivity contribution in [2.45, 2.75) is 6.54 Å². The number of nitrogens with one attached hydrogen (secondary N) is 2. The van der Waals surface area contributed by atoms with Gasteiger partial charge in [0.05, 0.1) is 6.54 Å². The highest BCUT2D eigenvalue weighted by atomic mass is 35.5. The lowest BCUT2D eigenvalue weighted by Gasteiger charge is -2.07. The molecule has 0 saturated heterocycles. The Labute approximate surface area is 144 Å². The molecule has 23 heavy (non-hydrogen) atoms. The standard InChI is InChI=1S/C16H14ClN5S/c17-14-9-5-4-6-12(14)10-22-11-18-15(21-22)20-16(23)19-13-7-2-1-3-8-13/h1-9,11H,10H2,(H2,19,20,21,23). The zero-order valence-corrected chi connectivity index (χ0v) is 13.7. The zero-order valence-electron chi connectivity index (χ0n) is 12.1. The van der Waals surface area contributed by atoms with Crippen molar-refractivity contribution in [3.05, 3.63) is 71.5 Å². The van der Waals surface area contributed by atoms with Gasteiger partial charge in [-0.2, -0.15) is 0 Å². The van der Waals surface area contributed by atoms with Crippen molar-refractivity contribution in [3.8, 4) is 0 Å². The number of hydrogen-bond donors (Lipinski definition) is 2. The highest BCUT2D eigenvalue weighted by Gasteiger charge is 2.06. The molecule has 7 heteroatoms. The predicted molar refractivity (Wildman–Crippen MR) is 96.9 cm³/mol. The molecule has 2 aromatic carbocycles. The van der Waals surface area contributed by atoms with E-state index in [0.717, 1.165) is 11.3 Å². The first-order chi connectivity index (χ1) is 11.2. The number of benzene rings is 2. The van der Waals surface area contributed by atoms with E-state index in [-0.39, 0.29) is 0 Å². The van der Waals surface area contributed by atoms with E-state index < -0.39 is 0 Å². The summed E-state index contributed by atoms with van der Waals surface area (Å²) < 4.78 is 1.70. The van der Waals surface area contributed by atoms with Crippen LogP contribution in [0.2, 0.25) is 5.02 Å². The first-order valence-corrected chi connectivity index (χ1v) is 7.75. The summed E-state index contributed by atoms with van der Waals surface area (Å²) in [4.78, 5) is 4.19. The average molecular weight is 344 g/mol. The van der Waals surface area contributed by atoms with Crippen molar-refractivity contribution >= 4 is 40.6 Å². The van der Waals surface area contributed by atoms with E-state index in [1.165, 1.54) is 0 Å². The third kappa shape index (κ3) is 4.28. The first kappa shape index (κ1) is 15.5. The van der Waals surface area contributed by atoms with Gasteiger partial charge in [0.15, 0.2) is 5.11 Å². The summed E-state index contributed by atoms with van der Waals surface area (Å²) >= 11 is 11.4. The molecule has 0 fully saturated rings. The molecule has 0 aliphatic rings. The number of para-hydroxylation sites is 1. The summed E-state index contributed by atoms with van der Waals surface area (Å²) in [7, 11) is 0. The fourth-order valence-corrected chi connectivity index (χ4v) is 2.42. The number of nitrogens with zero attached hydrogens (tertiary/aromatic N) is 3. The topological polar surface area (TPSA) is 54.8 Å². The zero-order chi connectivity index (χ0) is 16.1. The Bertz CT molecular complexity index is 803. The van der Waals surface area contributed by atoms with Gasteiger partial charge in [0.1, 0.15) is 6.33 Å². The van der Waals surface area contributed by atoms with Gasteiger partial charge in [-0.25, -0.2) is 9.67 Å². The minimum Gasteiger partial charge on any atom is -0.332 e. The van der Waals surface area contributed by atoms with Gasteiger partial charge >= 0.3 is 0 Å². The molecule has 0 spiro atoms. The van der Waals surface area contributed by atoms with Gasteiger partial charge in [0.25, 0.3) is 0 Å². The van der Waals surface area contributed by atoms with Gasteiger partial charge in [-0.3, -0.25) is 5.32 Å². The fraction of sp³-hybridized carbons (Fsp3) is 0.0625. The predicted octanol–water partition coefficient (Wildman–Crippen LogP) is 3.79. The minimum atomic E-state index is 0.436. The Balaban J connectivity index is 1.61. The van der Waals surface area contributed by atoms with E-state index in [1.54, 1.807) is 11.0 Å². The lowest BCUT2D eigenvalue weighted by atomic mass is 10.2. The van der Waals surface area contributed by atoms with Crippen molar-refractivity contribution in [2.75, 3.05) is 10.6 Å². The second kappa shape index (κ2) is 7.21. The highest BCUT2D eigenvalue weighted by Crippen LogP contribution is 2.16. The van der Waals surface area contributed by atoms with Crippen LogP contribution in [0.3, 0.4) is 0 Å². The van der Waals surface area contributed by atoms with E-state index in [4.69, 9.17) is 23.8 Å². The van der Waals surface area contributed by atoms with E-state index in [2.05, 4.69) is 20.7 Å². The van der Waals surface area contributed by atoms with Crippen LogP contribution in [0.1, 0.15) is 5.56 Å². The lowest BCUT2D eigenvalue weighted by Crippen LogP contribution is -2.20. The van der Waals surface area contributed by atoms with Gasteiger partial charge < -0.3 is 5.32 Å². The highest BCUT2D eigenvalue weighted by molar-refractivity contribution is 7.80. The molecule has 116 valence electrons. The SMILES string of the molecule is S=C(Nc1ccccc1)Nc1ncn(Cc2ccccc2Cl)n1. The molecule has 1 heterocycles. The van der Waals surface area contributed by atoms with Crippen molar-refractivity contribution in [2.24, 2.45) is 0 Å². The molecule has 0 atom stereocenters. The number of rotatable bonds is 4. The molecular formula is C16H14ClN5S. The summed E-state index contributed by atoms with van der Waals surface area (Å²) in [6, 6.07) is 17.3. The molecule has 0 amide bonds. The van der Waals surface area contributed by atoms with E-state index in [9.17, 15) is 0 Å². The van der Waals surface area contributed by atoms with Crippen LogP contribution in [0, 0.1) is 0 Å². The van der Waals surface area contributed by atoms with Crippen LogP contribution in [0.5, 0.6) is 0 Å². The van der Waals surface area contributed by atoms with Crippen molar-refractivity contribution in [1.29, 1.82) is 0 Å². The van der Waals surface area contributed by atoms with Crippen molar-refractivity contribution in [3.63, 3.8) is 0 Å². The first-order valence-electron chi connectivity index (χ1n) is 6.96. The van der Waals surface area contributed by atoms with Crippen LogP contribution in [-0.4, -0.2) is 19.9 Å². The maximum atomic E-state index is 6.15. The van der Waals surface area contributed by atoms with Crippen LogP contribution in [0.25, 0.3) is 0 Å². The molecule has 0 saturated carbocycles. The molecule has 3 rings (SSSR count). The molecule has 5 nitrogen and oxygen atoms in total. The van der Waals surface area contributed by atoms with Gasteiger partial charge in [0, 0.05) is 10.7 Å². The van der Waals surface area contributed by atoms with Crippen LogP contribution in [0.4, 0.5) is 11.6 Å². The van der Waals surface area contributed by atoms with Crippen LogP contribution < -0.4 is 10.6 Å². The minimum absolute atomic E-state index is 0.436. The number of anilines is 2. The summed E-state index contributed by atoms with van der Waals surface area (Å²) in [6.07, 6.45) is 1.64. The summed E-state index contributed by atoms with van der Waals surface area (Å²) in [5.41, 5.74) is 1.89. The monoisotopic (exact) mass is 343 g/mol. The molecule has 1 aromatic heterocycles. The van der Waals surface area contributed by atoms with Gasteiger partial charge in [-0.1, -0.05) is 48.0 Å². The van der Waals surface area contributed by atoms with E-state index in [1.807, 2.05) is 54.6 Å². The third-order valence-electron chi connectivity index (χ3n) is 3.08. The second-order valence-corrected chi connectivity index (χ2v) is 5.62. The number of aromatic nitrogens is 3. The van der Waals surface area contributed by atoms with Crippen LogP contribution >= 0.6 is 23.8 Å². The molecule has 0 radical (unpaired) electrons. The largest absolute Gasteiger partial charge is 0.332 e. The summed E-state index contributed by atoms with van der Waals surface area (Å²) in [6.45, 7) is 0.549. The lowest BCUT2D eigenvalue weighted by molar-refractivity contribution is 0.687. The van der Waals surface area contributed by atoms with Crippen molar-refractivity contribution < 1.29 is 0 Å². The number of halogens is 1. The van der Waals surface area contributed by atoms with Crippen LogP contribution in [0.15, 0.2) is 60.9 Å². The van der Waals surface area contributed by atoms with Gasteiger partial charge in [0.2, 0.25) is 5.95 Å².